The number of carbonyl (C=O) groups excluding carboxylic acids is 3. The summed E-state index contributed by atoms with van der Waals surface area (Å²) in [4.78, 5) is 60.8. The Balaban J connectivity index is 1.65. The third kappa shape index (κ3) is 6.80. The Bertz CT molecular complexity index is 1990. The van der Waals surface area contributed by atoms with Gasteiger partial charge >= 0.3 is 17.9 Å². The number of rotatable bonds is 9. The van der Waals surface area contributed by atoms with E-state index in [1.807, 2.05) is 6.92 Å². The first-order chi connectivity index (χ1) is 20.7. The lowest BCUT2D eigenvalue weighted by atomic mass is 9.94. The van der Waals surface area contributed by atoms with Crippen molar-refractivity contribution >= 4 is 56.7 Å². The summed E-state index contributed by atoms with van der Waals surface area (Å²) in [7, 11) is -4.63. The van der Waals surface area contributed by atoms with E-state index < -0.39 is 60.3 Å². The highest BCUT2D eigenvalue weighted by Crippen LogP contribution is 2.29. The Morgan fingerprint density at radius 3 is 2.14 bits per heavy atom. The Kier molecular flexibility index (Phi) is 8.92. The fourth-order valence-electron chi connectivity index (χ4n) is 4.20. The number of aromatic carboxylic acids is 1. The van der Waals surface area contributed by atoms with Crippen LogP contribution >= 0.6 is 11.6 Å². The summed E-state index contributed by atoms with van der Waals surface area (Å²) in [6.45, 7) is 3.59. The van der Waals surface area contributed by atoms with Crippen LogP contribution in [0.25, 0.3) is 0 Å². The molecule has 0 aliphatic rings. The van der Waals surface area contributed by atoms with Crippen molar-refractivity contribution < 1.29 is 42.4 Å². The normalized spacial score (nSPS) is 11.0. The number of esters is 2. The third-order valence-electron chi connectivity index (χ3n) is 6.30. The lowest BCUT2D eigenvalue weighted by molar-refractivity contribution is -0.384. The van der Waals surface area contributed by atoms with E-state index in [1.165, 1.54) is 24.3 Å². The van der Waals surface area contributed by atoms with Crippen molar-refractivity contribution in [2.24, 2.45) is 0 Å². The van der Waals surface area contributed by atoms with E-state index in [0.29, 0.717) is 11.1 Å². The molecule has 4 rings (SSSR count). The van der Waals surface area contributed by atoms with Crippen LogP contribution in [0.3, 0.4) is 0 Å². The number of nitrogens with one attached hydrogen (secondary N) is 1. The van der Waals surface area contributed by atoms with Crippen molar-refractivity contribution in [1.29, 1.82) is 0 Å². The summed E-state index contributed by atoms with van der Waals surface area (Å²) in [5.74, 6) is -4.74. The molecular weight excluding hydrogens is 616 g/mol. The first kappa shape index (κ1) is 31.5. The van der Waals surface area contributed by atoms with Gasteiger partial charge in [-0.05, 0) is 55.8 Å². The average Bonchev–Trinajstić information content (AvgIpc) is 2.97. The molecule has 0 bridgehead atoms. The number of halogens is 1. The molecular formula is C30H21ClN2O10S. The van der Waals surface area contributed by atoms with Crippen LogP contribution in [0.1, 0.15) is 58.1 Å². The molecule has 2 N–H and O–H groups in total. The van der Waals surface area contributed by atoms with Gasteiger partial charge in [-0.3, -0.25) is 19.6 Å². The number of sulfonamides is 1. The highest BCUT2D eigenvalue weighted by Gasteiger charge is 2.26. The zero-order valence-corrected chi connectivity index (χ0v) is 24.4. The predicted molar refractivity (Wildman–Crippen MR) is 158 cm³/mol. The predicted octanol–water partition coefficient (Wildman–Crippen LogP) is 5.59. The molecule has 0 fully saturated rings. The molecule has 0 amide bonds. The summed E-state index contributed by atoms with van der Waals surface area (Å²) >= 11 is 5.77. The van der Waals surface area contributed by atoms with Crippen LogP contribution in [-0.4, -0.2) is 42.1 Å². The van der Waals surface area contributed by atoms with E-state index >= 15 is 0 Å². The minimum atomic E-state index is -4.63. The monoisotopic (exact) mass is 636 g/mol. The number of ketones is 1. The van der Waals surface area contributed by atoms with E-state index in [9.17, 15) is 42.8 Å². The van der Waals surface area contributed by atoms with Gasteiger partial charge in [-0.2, -0.15) is 0 Å². The van der Waals surface area contributed by atoms with Crippen molar-refractivity contribution in [2.75, 3.05) is 4.72 Å². The number of carboxylic acids is 1. The molecule has 0 saturated heterocycles. The number of aryl methyl sites for hydroxylation is 2. The molecule has 0 unspecified atom stereocenters. The van der Waals surface area contributed by atoms with E-state index in [4.69, 9.17) is 16.3 Å². The van der Waals surface area contributed by atoms with Gasteiger partial charge in [0, 0.05) is 17.2 Å². The van der Waals surface area contributed by atoms with Crippen LogP contribution < -0.4 is 4.72 Å². The van der Waals surface area contributed by atoms with Crippen molar-refractivity contribution in [3.05, 3.63) is 133 Å². The number of nitrogens with zero attached hydrogens (tertiary/aromatic N) is 1. The SMILES string of the molecule is Cc1ccc(C(=O)c2ccccc2C(=O)OC(=O)c2cc(C(=O)O)cc(S(=O)(=O)Nc3ccc(Cl)c([N+](=O)[O-])c3)c2)c(C)c1. The second-order valence-corrected chi connectivity index (χ2v) is 11.5. The fraction of sp³-hybridized carbons (Fsp3) is 0.0667. The fourth-order valence-corrected chi connectivity index (χ4v) is 5.50. The Morgan fingerprint density at radius 2 is 1.50 bits per heavy atom. The van der Waals surface area contributed by atoms with Crippen molar-refractivity contribution in [2.45, 2.75) is 18.7 Å². The molecule has 0 heterocycles. The molecule has 224 valence electrons. The maximum Gasteiger partial charge on any atom is 0.346 e. The number of anilines is 1. The Labute approximate surface area is 255 Å². The third-order valence-corrected chi connectivity index (χ3v) is 7.98. The molecule has 0 radical (unpaired) electrons. The summed E-state index contributed by atoms with van der Waals surface area (Å²) in [6, 6.07) is 16.1. The van der Waals surface area contributed by atoms with Crippen molar-refractivity contribution in [3.63, 3.8) is 0 Å². The molecule has 44 heavy (non-hydrogen) atoms. The van der Waals surface area contributed by atoms with Crippen LogP contribution in [0.4, 0.5) is 11.4 Å². The minimum Gasteiger partial charge on any atom is -0.478 e. The molecule has 4 aromatic rings. The topological polar surface area (TPSA) is 187 Å². The molecule has 0 aromatic heterocycles. The number of hydrogen-bond donors (Lipinski definition) is 2. The number of ether oxygens (including phenoxy) is 1. The molecule has 0 spiro atoms. The van der Waals surface area contributed by atoms with Crippen LogP contribution in [0.15, 0.2) is 83.8 Å². The summed E-state index contributed by atoms with van der Waals surface area (Å²) < 4.78 is 33.2. The van der Waals surface area contributed by atoms with Crippen LogP contribution in [0.5, 0.6) is 0 Å². The average molecular weight is 637 g/mol. The van der Waals surface area contributed by atoms with Gasteiger partial charge in [0.15, 0.2) is 5.78 Å². The van der Waals surface area contributed by atoms with E-state index in [-0.39, 0.29) is 21.8 Å². The molecule has 4 aromatic carbocycles. The van der Waals surface area contributed by atoms with E-state index in [2.05, 4.69) is 4.72 Å². The minimum absolute atomic E-state index is 0.0546. The maximum atomic E-state index is 13.3. The largest absolute Gasteiger partial charge is 0.478 e. The summed E-state index contributed by atoms with van der Waals surface area (Å²) in [6.07, 6.45) is 0. The Hall–Kier alpha value is -5.40. The van der Waals surface area contributed by atoms with Gasteiger partial charge in [-0.1, -0.05) is 53.6 Å². The number of carboxylic acid groups (broad SMARTS) is 1. The zero-order valence-electron chi connectivity index (χ0n) is 22.9. The lowest BCUT2D eigenvalue weighted by Crippen LogP contribution is -2.19. The standard InChI is InChI=1S/C30H21ClN2O10S/c1-16-7-9-22(17(2)11-16)27(34)23-5-3-4-6-24(23)30(38)43-29(37)19-12-18(28(35)36)13-21(14-19)44(41,42)32-20-8-10-25(31)26(15-20)33(39)40/h3-15,32H,1-2H3,(H,35,36). The second-order valence-electron chi connectivity index (χ2n) is 9.45. The number of hydrogen-bond acceptors (Lipinski definition) is 9. The van der Waals surface area contributed by atoms with Gasteiger partial charge in [0.25, 0.3) is 15.7 Å². The number of nitro groups is 1. The van der Waals surface area contributed by atoms with Gasteiger partial charge < -0.3 is 9.84 Å². The van der Waals surface area contributed by atoms with E-state index in [1.54, 1.807) is 25.1 Å². The van der Waals surface area contributed by atoms with Gasteiger partial charge in [0.2, 0.25) is 0 Å². The summed E-state index contributed by atoms with van der Waals surface area (Å²) in [5, 5.41) is 20.5. The lowest BCUT2D eigenvalue weighted by Gasteiger charge is -2.12. The van der Waals surface area contributed by atoms with Crippen LogP contribution in [0.2, 0.25) is 5.02 Å². The van der Waals surface area contributed by atoms with Gasteiger partial charge in [-0.25, -0.2) is 22.8 Å². The molecule has 0 aliphatic heterocycles. The number of carbonyl (C=O) groups is 4. The first-order valence-electron chi connectivity index (χ1n) is 12.5. The van der Waals surface area contributed by atoms with E-state index in [0.717, 1.165) is 42.0 Å². The van der Waals surface area contributed by atoms with Crippen LogP contribution in [-0.2, 0) is 14.8 Å². The zero-order chi connectivity index (χ0) is 32.3. The van der Waals surface area contributed by atoms with Gasteiger partial charge in [0.1, 0.15) is 5.02 Å². The highest BCUT2D eigenvalue weighted by molar-refractivity contribution is 7.92. The Morgan fingerprint density at radius 1 is 0.841 bits per heavy atom. The number of nitro benzene ring substituents is 1. The molecule has 12 nitrogen and oxygen atoms in total. The van der Waals surface area contributed by atoms with Crippen LogP contribution in [0, 0.1) is 24.0 Å². The first-order valence-corrected chi connectivity index (χ1v) is 14.4. The second kappa shape index (κ2) is 12.5. The molecule has 0 aliphatic carbocycles. The smallest absolute Gasteiger partial charge is 0.346 e. The summed E-state index contributed by atoms with van der Waals surface area (Å²) in [5.41, 5.74) is -0.512. The van der Waals surface area contributed by atoms with Crippen molar-refractivity contribution in [1.82, 2.24) is 0 Å². The van der Waals surface area contributed by atoms with Crippen molar-refractivity contribution in [3.8, 4) is 0 Å². The van der Waals surface area contributed by atoms with Gasteiger partial charge in [-0.15, -0.1) is 0 Å². The molecule has 14 heteroatoms. The number of benzene rings is 4. The van der Waals surface area contributed by atoms with Gasteiger partial charge in [0.05, 0.1) is 32.2 Å². The molecule has 0 atom stereocenters. The maximum absolute atomic E-state index is 13.3. The quantitative estimate of drug-likeness (QED) is 0.0770. The highest BCUT2D eigenvalue weighted by atomic mass is 35.5. The molecule has 0 saturated carbocycles.